The monoisotopic (exact) mass is 525 g/mol. The first-order valence-corrected chi connectivity index (χ1v) is 11.9. The Morgan fingerprint density at radius 3 is 0.974 bits per heavy atom. The van der Waals surface area contributed by atoms with Gasteiger partial charge in [0.05, 0.1) is 38.4 Å². The lowest BCUT2D eigenvalue weighted by Crippen LogP contribution is -2.20. The molecule has 0 aromatic heterocycles. The maximum absolute atomic E-state index is 13.3. The van der Waals surface area contributed by atoms with Crippen molar-refractivity contribution >= 4 is 34.8 Å². The molecule has 9 heteroatoms. The number of amides is 3. The van der Waals surface area contributed by atoms with Gasteiger partial charge in [0.2, 0.25) is 0 Å². The van der Waals surface area contributed by atoms with Crippen molar-refractivity contribution in [2.45, 2.75) is 0 Å². The van der Waals surface area contributed by atoms with Gasteiger partial charge in [-0.1, -0.05) is 36.4 Å². The second-order valence-electron chi connectivity index (χ2n) is 8.26. The Morgan fingerprint density at radius 2 is 0.718 bits per heavy atom. The highest BCUT2D eigenvalue weighted by Crippen LogP contribution is 2.27. The van der Waals surface area contributed by atoms with Crippen LogP contribution in [0.3, 0.4) is 0 Å². The number of hydrogen-bond acceptors (Lipinski definition) is 6. The molecule has 0 radical (unpaired) electrons. The number of rotatable bonds is 9. The largest absolute Gasteiger partial charge is 0.495 e. The van der Waals surface area contributed by atoms with E-state index in [0.717, 1.165) is 0 Å². The Hall–Kier alpha value is -5.31. The lowest BCUT2D eigenvalue weighted by atomic mass is 10.0. The maximum Gasteiger partial charge on any atom is 0.255 e. The summed E-state index contributed by atoms with van der Waals surface area (Å²) >= 11 is 0. The molecule has 9 nitrogen and oxygen atoms in total. The number of benzene rings is 4. The van der Waals surface area contributed by atoms with Gasteiger partial charge in [-0.05, 0) is 54.6 Å². The van der Waals surface area contributed by atoms with Gasteiger partial charge in [-0.2, -0.15) is 0 Å². The van der Waals surface area contributed by atoms with Crippen molar-refractivity contribution < 1.29 is 28.6 Å². The fourth-order valence-electron chi connectivity index (χ4n) is 3.85. The van der Waals surface area contributed by atoms with E-state index in [0.29, 0.717) is 34.3 Å². The zero-order valence-electron chi connectivity index (χ0n) is 21.6. The van der Waals surface area contributed by atoms with Crippen LogP contribution in [0, 0.1) is 0 Å². The van der Waals surface area contributed by atoms with E-state index in [-0.39, 0.29) is 16.7 Å². The van der Waals surface area contributed by atoms with Crippen molar-refractivity contribution in [3.63, 3.8) is 0 Å². The first-order chi connectivity index (χ1) is 18.9. The molecule has 0 atom stereocenters. The van der Waals surface area contributed by atoms with Gasteiger partial charge < -0.3 is 30.2 Å². The van der Waals surface area contributed by atoms with Crippen molar-refractivity contribution in [1.29, 1.82) is 0 Å². The van der Waals surface area contributed by atoms with Gasteiger partial charge in [0.15, 0.2) is 0 Å². The molecule has 39 heavy (non-hydrogen) atoms. The standard InChI is InChI=1S/C30H27N3O6/c1-37-25-13-7-4-10-22(25)31-28(34)19-16-20(29(35)32-23-11-5-8-14-26(23)38-2)18-21(17-19)30(36)33-24-12-6-9-15-27(24)39-3/h4-18H,1-3H3,(H,31,34)(H,32,35)(H,33,36). The van der Waals surface area contributed by atoms with Crippen LogP contribution in [0.5, 0.6) is 17.2 Å². The van der Waals surface area contributed by atoms with Crippen LogP contribution in [0.15, 0.2) is 91.0 Å². The van der Waals surface area contributed by atoms with Crippen LogP contribution in [0.2, 0.25) is 0 Å². The molecule has 0 unspecified atom stereocenters. The molecule has 0 saturated heterocycles. The van der Waals surface area contributed by atoms with Gasteiger partial charge in [-0.3, -0.25) is 14.4 Å². The van der Waals surface area contributed by atoms with E-state index in [2.05, 4.69) is 16.0 Å². The Kier molecular flexibility index (Phi) is 8.43. The minimum atomic E-state index is -0.530. The fourth-order valence-corrected chi connectivity index (χ4v) is 3.85. The third-order valence-corrected chi connectivity index (χ3v) is 5.79. The van der Waals surface area contributed by atoms with E-state index in [4.69, 9.17) is 14.2 Å². The van der Waals surface area contributed by atoms with Crippen LogP contribution in [0.25, 0.3) is 0 Å². The second-order valence-corrected chi connectivity index (χ2v) is 8.26. The third kappa shape index (κ3) is 6.34. The molecule has 0 saturated carbocycles. The van der Waals surface area contributed by atoms with Gasteiger partial charge >= 0.3 is 0 Å². The zero-order valence-corrected chi connectivity index (χ0v) is 21.6. The van der Waals surface area contributed by atoms with E-state index in [1.165, 1.54) is 39.5 Å². The first-order valence-electron chi connectivity index (χ1n) is 11.9. The van der Waals surface area contributed by atoms with Crippen LogP contribution in [0.1, 0.15) is 31.1 Å². The van der Waals surface area contributed by atoms with Gasteiger partial charge in [0.25, 0.3) is 17.7 Å². The molecule has 4 rings (SSSR count). The number of anilines is 3. The van der Waals surface area contributed by atoms with E-state index in [1.54, 1.807) is 72.8 Å². The summed E-state index contributed by atoms with van der Waals surface area (Å²) in [5.41, 5.74) is 1.60. The number of carbonyl (C=O) groups excluding carboxylic acids is 3. The molecule has 4 aromatic carbocycles. The molecule has 0 fully saturated rings. The van der Waals surface area contributed by atoms with Gasteiger partial charge in [-0.25, -0.2) is 0 Å². The lowest BCUT2D eigenvalue weighted by Gasteiger charge is -2.14. The Labute approximate surface area is 225 Å². The number of ether oxygens (including phenoxy) is 3. The molecule has 198 valence electrons. The number of hydrogen-bond donors (Lipinski definition) is 3. The Morgan fingerprint density at radius 1 is 0.462 bits per heavy atom. The van der Waals surface area contributed by atoms with Crippen molar-refractivity contribution in [2.24, 2.45) is 0 Å². The smallest absolute Gasteiger partial charge is 0.255 e. The fraction of sp³-hybridized carbons (Fsp3) is 0.100. The molecular weight excluding hydrogens is 498 g/mol. The molecule has 3 N–H and O–H groups in total. The molecule has 0 aliphatic rings. The minimum Gasteiger partial charge on any atom is -0.495 e. The maximum atomic E-state index is 13.3. The molecule has 0 aliphatic carbocycles. The first kappa shape index (κ1) is 26.7. The molecule has 0 aliphatic heterocycles. The van der Waals surface area contributed by atoms with E-state index in [1.807, 2.05) is 0 Å². The number of nitrogens with one attached hydrogen (secondary N) is 3. The Bertz CT molecular complexity index is 1330. The number of carbonyl (C=O) groups is 3. The lowest BCUT2D eigenvalue weighted by molar-refractivity contribution is 0.102. The predicted molar refractivity (Wildman–Crippen MR) is 149 cm³/mol. The Balaban J connectivity index is 1.70. The summed E-state index contributed by atoms with van der Waals surface area (Å²) in [5, 5.41) is 8.34. The van der Waals surface area contributed by atoms with Crippen molar-refractivity contribution in [2.75, 3.05) is 37.3 Å². The highest BCUT2D eigenvalue weighted by atomic mass is 16.5. The van der Waals surface area contributed by atoms with Gasteiger partial charge in [0, 0.05) is 16.7 Å². The van der Waals surface area contributed by atoms with Gasteiger partial charge in [-0.15, -0.1) is 0 Å². The summed E-state index contributed by atoms with van der Waals surface area (Å²) in [5.74, 6) is -0.200. The second kappa shape index (κ2) is 12.3. The predicted octanol–water partition coefficient (Wildman–Crippen LogP) is 5.47. The molecule has 3 amide bonds. The SMILES string of the molecule is COc1ccccc1NC(=O)c1cc(C(=O)Nc2ccccc2OC)cc(C(=O)Nc2ccccc2OC)c1. The molecule has 0 spiro atoms. The van der Waals surface area contributed by atoms with Crippen LogP contribution < -0.4 is 30.2 Å². The van der Waals surface area contributed by atoms with E-state index in [9.17, 15) is 14.4 Å². The average molecular weight is 526 g/mol. The summed E-state index contributed by atoms with van der Waals surface area (Å²) in [6.45, 7) is 0. The van der Waals surface area contributed by atoms with Gasteiger partial charge in [0.1, 0.15) is 17.2 Å². The van der Waals surface area contributed by atoms with Crippen LogP contribution in [-0.4, -0.2) is 39.1 Å². The van der Waals surface area contributed by atoms with Crippen molar-refractivity contribution in [3.8, 4) is 17.2 Å². The average Bonchev–Trinajstić information content (AvgIpc) is 2.97. The van der Waals surface area contributed by atoms with E-state index >= 15 is 0 Å². The highest BCUT2D eigenvalue weighted by molar-refractivity contribution is 6.13. The highest BCUT2D eigenvalue weighted by Gasteiger charge is 2.19. The van der Waals surface area contributed by atoms with Crippen LogP contribution >= 0.6 is 0 Å². The summed E-state index contributed by atoms with van der Waals surface area (Å²) in [7, 11) is 4.48. The summed E-state index contributed by atoms with van der Waals surface area (Å²) in [6.07, 6.45) is 0. The van der Waals surface area contributed by atoms with Crippen LogP contribution in [0.4, 0.5) is 17.1 Å². The molecule has 0 bridgehead atoms. The van der Waals surface area contributed by atoms with E-state index < -0.39 is 17.7 Å². The van der Waals surface area contributed by atoms with Crippen molar-refractivity contribution in [1.82, 2.24) is 0 Å². The van der Waals surface area contributed by atoms with Crippen LogP contribution in [-0.2, 0) is 0 Å². The summed E-state index contributed by atoms with van der Waals surface area (Å²) in [6, 6.07) is 25.0. The molecule has 0 heterocycles. The summed E-state index contributed by atoms with van der Waals surface area (Å²) < 4.78 is 15.9. The normalized spacial score (nSPS) is 10.2. The zero-order chi connectivity index (χ0) is 27.8. The minimum absolute atomic E-state index is 0.0961. The topological polar surface area (TPSA) is 115 Å². The molecular formula is C30H27N3O6. The summed E-state index contributed by atoms with van der Waals surface area (Å²) in [4.78, 5) is 39.8. The number of methoxy groups -OCH3 is 3. The number of para-hydroxylation sites is 6. The quantitative estimate of drug-likeness (QED) is 0.267. The molecule has 4 aromatic rings. The van der Waals surface area contributed by atoms with Crippen molar-refractivity contribution in [3.05, 3.63) is 108 Å². The third-order valence-electron chi connectivity index (χ3n) is 5.79.